The van der Waals surface area contributed by atoms with E-state index in [1.54, 1.807) is 16.9 Å². The zero-order chi connectivity index (χ0) is 20.8. The summed E-state index contributed by atoms with van der Waals surface area (Å²) in [6.07, 6.45) is 7.69. The van der Waals surface area contributed by atoms with E-state index >= 15 is 0 Å². The number of fused-ring (bicyclic) bond motifs is 1. The summed E-state index contributed by atoms with van der Waals surface area (Å²) in [7, 11) is 1.87. The number of nitrogens with one attached hydrogen (secondary N) is 1. The van der Waals surface area contributed by atoms with Crippen molar-refractivity contribution >= 4 is 22.4 Å². The van der Waals surface area contributed by atoms with Crippen LogP contribution in [0.3, 0.4) is 0 Å². The van der Waals surface area contributed by atoms with Crippen molar-refractivity contribution in [1.29, 1.82) is 0 Å². The molecule has 1 N–H and O–H groups in total. The van der Waals surface area contributed by atoms with Gasteiger partial charge in [-0.1, -0.05) is 12.1 Å². The molecule has 30 heavy (non-hydrogen) atoms. The minimum Gasteiger partial charge on any atom is -0.345 e. The normalized spacial score (nSPS) is 11.5. The SMILES string of the molecule is Cc1sc(Cc2cccc(F)c2F)nc1-c1c[nH]c2ncc(-c3cnn(C)c3)cc12. The molecule has 4 aromatic heterocycles. The number of aromatic amines is 1. The number of H-pyrrole nitrogens is 1. The van der Waals surface area contributed by atoms with Crippen molar-refractivity contribution in [1.82, 2.24) is 24.7 Å². The number of thiazole rings is 1. The monoisotopic (exact) mass is 421 g/mol. The first-order valence-electron chi connectivity index (χ1n) is 9.35. The van der Waals surface area contributed by atoms with Crippen LogP contribution in [0, 0.1) is 18.6 Å². The number of pyridine rings is 1. The van der Waals surface area contributed by atoms with Gasteiger partial charge in [0.25, 0.3) is 0 Å². The lowest BCUT2D eigenvalue weighted by Crippen LogP contribution is -1.95. The molecule has 0 radical (unpaired) electrons. The van der Waals surface area contributed by atoms with Gasteiger partial charge in [0.05, 0.1) is 16.9 Å². The Balaban J connectivity index is 1.55. The van der Waals surface area contributed by atoms with Gasteiger partial charge in [0.2, 0.25) is 0 Å². The second-order valence-corrected chi connectivity index (χ2v) is 8.42. The zero-order valence-corrected chi connectivity index (χ0v) is 17.1. The second-order valence-electron chi connectivity index (χ2n) is 7.13. The molecule has 1 aromatic carbocycles. The molecule has 5 nitrogen and oxygen atoms in total. The first-order valence-corrected chi connectivity index (χ1v) is 10.2. The van der Waals surface area contributed by atoms with E-state index in [2.05, 4.69) is 21.1 Å². The minimum atomic E-state index is -0.841. The van der Waals surface area contributed by atoms with Crippen LogP contribution < -0.4 is 0 Å². The maximum atomic E-state index is 14.1. The number of rotatable bonds is 4. The summed E-state index contributed by atoms with van der Waals surface area (Å²) in [6.45, 7) is 1.98. The fraction of sp³-hybridized carbons (Fsp3) is 0.136. The van der Waals surface area contributed by atoms with E-state index in [-0.39, 0.29) is 6.42 Å². The molecule has 0 atom stereocenters. The third kappa shape index (κ3) is 3.19. The van der Waals surface area contributed by atoms with Crippen molar-refractivity contribution in [3.05, 3.63) is 76.1 Å². The molecule has 0 amide bonds. The van der Waals surface area contributed by atoms with Crippen LogP contribution in [0.4, 0.5) is 8.78 Å². The molecule has 0 aliphatic carbocycles. The van der Waals surface area contributed by atoms with Gasteiger partial charge in [0, 0.05) is 59.0 Å². The molecule has 5 aromatic rings. The van der Waals surface area contributed by atoms with Crippen LogP contribution in [0.2, 0.25) is 0 Å². The quantitative estimate of drug-likeness (QED) is 0.430. The number of hydrogen-bond donors (Lipinski definition) is 1. The molecule has 0 bridgehead atoms. The molecular weight excluding hydrogens is 404 g/mol. The lowest BCUT2D eigenvalue weighted by Gasteiger charge is -2.01. The topological polar surface area (TPSA) is 59.4 Å². The molecule has 0 spiro atoms. The highest BCUT2D eigenvalue weighted by Gasteiger charge is 2.17. The molecule has 0 saturated heterocycles. The predicted octanol–water partition coefficient (Wildman–Crippen LogP) is 5.26. The summed E-state index contributed by atoms with van der Waals surface area (Å²) in [5.41, 5.74) is 4.77. The van der Waals surface area contributed by atoms with Crippen molar-refractivity contribution in [2.45, 2.75) is 13.3 Å². The van der Waals surface area contributed by atoms with Crippen LogP contribution in [0.1, 0.15) is 15.4 Å². The summed E-state index contributed by atoms with van der Waals surface area (Å²) in [6, 6.07) is 6.29. The van der Waals surface area contributed by atoms with Crippen LogP contribution in [-0.2, 0) is 13.5 Å². The van der Waals surface area contributed by atoms with Gasteiger partial charge in [-0.15, -0.1) is 11.3 Å². The summed E-state index contributed by atoms with van der Waals surface area (Å²) >= 11 is 1.49. The van der Waals surface area contributed by atoms with E-state index in [4.69, 9.17) is 4.98 Å². The first-order chi connectivity index (χ1) is 14.5. The molecule has 0 aliphatic heterocycles. The van der Waals surface area contributed by atoms with Gasteiger partial charge in [0.1, 0.15) is 5.65 Å². The summed E-state index contributed by atoms with van der Waals surface area (Å²) in [5, 5.41) is 5.91. The lowest BCUT2D eigenvalue weighted by molar-refractivity contribution is 0.500. The van der Waals surface area contributed by atoms with E-state index in [0.29, 0.717) is 5.56 Å². The number of benzene rings is 1. The molecule has 0 fully saturated rings. The van der Waals surface area contributed by atoms with Gasteiger partial charge in [0.15, 0.2) is 11.6 Å². The van der Waals surface area contributed by atoms with Crippen molar-refractivity contribution in [2.75, 3.05) is 0 Å². The highest BCUT2D eigenvalue weighted by molar-refractivity contribution is 7.12. The summed E-state index contributed by atoms with van der Waals surface area (Å²) < 4.78 is 29.3. The van der Waals surface area contributed by atoms with E-state index < -0.39 is 11.6 Å². The van der Waals surface area contributed by atoms with Crippen LogP contribution in [0.15, 0.2) is 49.1 Å². The first kappa shape index (κ1) is 18.6. The average Bonchev–Trinajstić information content (AvgIpc) is 3.43. The van der Waals surface area contributed by atoms with Gasteiger partial charge < -0.3 is 4.98 Å². The Kier molecular flexibility index (Phi) is 4.43. The van der Waals surface area contributed by atoms with Gasteiger partial charge in [-0.25, -0.2) is 18.7 Å². The summed E-state index contributed by atoms with van der Waals surface area (Å²) in [5.74, 6) is -1.66. The Labute approximate surface area is 175 Å². The van der Waals surface area contributed by atoms with Gasteiger partial charge in [-0.05, 0) is 24.6 Å². The Bertz CT molecular complexity index is 1380. The number of hydrogen-bond acceptors (Lipinski definition) is 4. The molecule has 4 heterocycles. The maximum Gasteiger partial charge on any atom is 0.162 e. The molecule has 0 aliphatic rings. The number of aryl methyl sites for hydroxylation is 2. The molecule has 150 valence electrons. The lowest BCUT2D eigenvalue weighted by atomic mass is 10.1. The number of halogens is 2. The standard InChI is InChI=1S/C22H17F2N5S/c1-12-21(28-19(30-12)7-13-4-3-5-18(23)20(13)24)17-10-26-22-16(17)6-14(8-25-22)15-9-27-29(2)11-15/h3-6,8-11H,7H2,1-2H3,(H,25,26). The van der Waals surface area contributed by atoms with Crippen LogP contribution >= 0.6 is 11.3 Å². The maximum absolute atomic E-state index is 14.1. The Hall–Kier alpha value is -3.39. The van der Waals surface area contributed by atoms with E-state index in [1.807, 2.05) is 32.6 Å². The molecular formula is C22H17F2N5S. The largest absolute Gasteiger partial charge is 0.345 e. The molecule has 0 saturated carbocycles. The highest BCUT2D eigenvalue weighted by atomic mass is 32.1. The fourth-order valence-corrected chi connectivity index (χ4v) is 4.52. The third-order valence-corrected chi connectivity index (χ3v) is 6.01. The van der Waals surface area contributed by atoms with Gasteiger partial charge in [-0.2, -0.15) is 5.10 Å². The Morgan fingerprint density at radius 1 is 1.17 bits per heavy atom. The fourth-order valence-electron chi connectivity index (χ4n) is 3.55. The Morgan fingerprint density at radius 2 is 2.03 bits per heavy atom. The highest BCUT2D eigenvalue weighted by Crippen LogP contribution is 2.35. The van der Waals surface area contributed by atoms with Crippen molar-refractivity contribution in [2.24, 2.45) is 7.05 Å². The Morgan fingerprint density at radius 3 is 2.83 bits per heavy atom. The molecule has 0 unspecified atom stereocenters. The minimum absolute atomic E-state index is 0.247. The van der Waals surface area contributed by atoms with E-state index in [1.165, 1.54) is 17.4 Å². The van der Waals surface area contributed by atoms with Crippen molar-refractivity contribution in [3.63, 3.8) is 0 Å². The van der Waals surface area contributed by atoms with Crippen molar-refractivity contribution in [3.8, 4) is 22.4 Å². The van der Waals surface area contributed by atoms with Crippen LogP contribution in [0.25, 0.3) is 33.4 Å². The third-order valence-electron chi connectivity index (χ3n) is 5.04. The smallest absolute Gasteiger partial charge is 0.162 e. The number of aromatic nitrogens is 5. The van der Waals surface area contributed by atoms with Crippen molar-refractivity contribution < 1.29 is 8.78 Å². The van der Waals surface area contributed by atoms with Crippen LogP contribution in [0.5, 0.6) is 0 Å². The molecule has 8 heteroatoms. The zero-order valence-electron chi connectivity index (χ0n) is 16.3. The van der Waals surface area contributed by atoms with Crippen LogP contribution in [-0.4, -0.2) is 24.7 Å². The average molecular weight is 421 g/mol. The second kappa shape index (κ2) is 7.14. The predicted molar refractivity (Wildman–Crippen MR) is 113 cm³/mol. The van der Waals surface area contributed by atoms with Gasteiger partial charge in [-0.3, -0.25) is 4.68 Å². The summed E-state index contributed by atoms with van der Waals surface area (Å²) in [4.78, 5) is 13.5. The number of nitrogens with zero attached hydrogens (tertiary/aromatic N) is 4. The van der Waals surface area contributed by atoms with Gasteiger partial charge >= 0.3 is 0 Å². The van der Waals surface area contributed by atoms with E-state index in [0.717, 1.165) is 49.4 Å². The van der Waals surface area contributed by atoms with E-state index in [9.17, 15) is 8.78 Å². The molecule has 5 rings (SSSR count).